The van der Waals surface area contributed by atoms with Crippen LogP contribution in [0, 0.1) is 11.3 Å². The van der Waals surface area contributed by atoms with Crippen molar-refractivity contribution >= 4 is 5.91 Å². The van der Waals surface area contributed by atoms with Crippen LogP contribution in [0.1, 0.15) is 47.5 Å². The molecule has 0 aliphatic heterocycles. The number of hydrogen-bond donors (Lipinski definition) is 0. The molecule has 0 aromatic carbocycles. The van der Waals surface area contributed by atoms with Gasteiger partial charge in [0.15, 0.2) is 0 Å². The van der Waals surface area contributed by atoms with Gasteiger partial charge in [-0.15, -0.1) is 0 Å². The van der Waals surface area contributed by atoms with Crippen LogP contribution in [-0.4, -0.2) is 23.4 Å². The van der Waals surface area contributed by atoms with Gasteiger partial charge in [-0.2, -0.15) is 0 Å². The van der Waals surface area contributed by atoms with Crippen LogP contribution in [0.5, 0.6) is 0 Å². The van der Waals surface area contributed by atoms with Gasteiger partial charge >= 0.3 is 0 Å². The fraction of sp³-hybridized carbons (Fsp3) is 0.917. The molecule has 0 N–H and O–H groups in total. The molecule has 1 rings (SSSR count). The average Bonchev–Trinajstić information content (AvgIpc) is 2.78. The minimum Gasteiger partial charge on any atom is -0.339 e. The molecule has 1 amide bonds. The van der Waals surface area contributed by atoms with E-state index in [0.29, 0.717) is 17.4 Å². The van der Waals surface area contributed by atoms with Crippen molar-refractivity contribution in [2.24, 2.45) is 11.3 Å². The maximum atomic E-state index is 11.5. The van der Waals surface area contributed by atoms with Crippen LogP contribution >= 0.6 is 0 Å². The van der Waals surface area contributed by atoms with Gasteiger partial charge in [-0.3, -0.25) is 4.79 Å². The zero-order valence-corrected chi connectivity index (χ0v) is 10.1. The van der Waals surface area contributed by atoms with E-state index in [-0.39, 0.29) is 5.91 Å². The predicted octanol–water partition coefficient (Wildman–Crippen LogP) is 2.68. The van der Waals surface area contributed by atoms with Crippen molar-refractivity contribution in [3.63, 3.8) is 0 Å². The highest BCUT2D eigenvalue weighted by Gasteiger charge is 2.40. The Labute approximate surface area is 87.7 Å². The monoisotopic (exact) mass is 197 g/mol. The van der Waals surface area contributed by atoms with Crippen LogP contribution in [0.2, 0.25) is 0 Å². The molecule has 0 bridgehead atoms. The Hall–Kier alpha value is -0.530. The molecule has 0 radical (unpaired) electrons. The van der Waals surface area contributed by atoms with E-state index in [1.165, 1.54) is 12.8 Å². The zero-order valence-electron chi connectivity index (χ0n) is 10.1. The number of nitrogens with zero attached hydrogens (tertiary/aromatic N) is 1. The highest BCUT2D eigenvalue weighted by molar-refractivity contribution is 5.73. The van der Waals surface area contributed by atoms with E-state index in [1.807, 2.05) is 4.90 Å². The SMILES string of the molecule is CC(=O)N(CC1(C)CC1)C(C)C(C)C. The average molecular weight is 197 g/mol. The molecule has 0 spiro atoms. The zero-order chi connectivity index (χ0) is 10.9. The number of carbonyl (C=O) groups is 1. The molecule has 2 heteroatoms. The second-order valence-electron chi connectivity index (χ2n) is 5.44. The van der Waals surface area contributed by atoms with E-state index in [4.69, 9.17) is 0 Å². The molecule has 1 saturated carbocycles. The molecule has 0 saturated heterocycles. The largest absolute Gasteiger partial charge is 0.339 e. The third-order valence-electron chi connectivity index (χ3n) is 3.52. The first-order valence-electron chi connectivity index (χ1n) is 5.63. The lowest BCUT2D eigenvalue weighted by molar-refractivity contribution is -0.132. The number of amides is 1. The third-order valence-corrected chi connectivity index (χ3v) is 3.52. The summed E-state index contributed by atoms with van der Waals surface area (Å²) >= 11 is 0. The smallest absolute Gasteiger partial charge is 0.219 e. The number of hydrogen-bond acceptors (Lipinski definition) is 1. The quantitative estimate of drug-likeness (QED) is 0.678. The summed E-state index contributed by atoms with van der Waals surface area (Å²) in [6.07, 6.45) is 2.56. The summed E-state index contributed by atoms with van der Waals surface area (Å²) in [4.78, 5) is 13.6. The highest BCUT2D eigenvalue weighted by Crippen LogP contribution is 2.45. The second-order valence-corrected chi connectivity index (χ2v) is 5.44. The summed E-state index contributed by atoms with van der Waals surface area (Å²) in [5.74, 6) is 0.764. The Balaban J connectivity index is 2.59. The van der Waals surface area contributed by atoms with Gasteiger partial charge in [0, 0.05) is 19.5 Å². The van der Waals surface area contributed by atoms with Crippen molar-refractivity contribution in [3.05, 3.63) is 0 Å². The van der Waals surface area contributed by atoms with Crippen LogP contribution in [0.25, 0.3) is 0 Å². The molecular weight excluding hydrogens is 174 g/mol. The molecular formula is C12H23NO. The third kappa shape index (κ3) is 2.73. The van der Waals surface area contributed by atoms with E-state index in [2.05, 4.69) is 27.7 Å². The molecule has 0 aromatic rings. The van der Waals surface area contributed by atoms with Gasteiger partial charge in [-0.25, -0.2) is 0 Å². The first-order valence-corrected chi connectivity index (χ1v) is 5.63. The van der Waals surface area contributed by atoms with Crippen molar-refractivity contribution in [1.29, 1.82) is 0 Å². The van der Waals surface area contributed by atoms with Gasteiger partial charge < -0.3 is 4.90 Å². The summed E-state index contributed by atoms with van der Waals surface area (Å²) in [6.45, 7) is 11.4. The predicted molar refractivity (Wildman–Crippen MR) is 59.0 cm³/mol. The molecule has 1 aliphatic carbocycles. The standard InChI is InChI=1S/C12H23NO/c1-9(2)10(3)13(11(4)14)8-12(5)6-7-12/h9-10H,6-8H2,1-5H3. The van der Waals surface area contributed by atoms with Gasteiger partial charge in [0.05, 0.1) is 0 Å². The van der Waals surface area contributed by atoms with E-state index >= 15 is 0 Å². The summed E-state index contributed by atoms with van der Waals surface area (Å²) in [5.41, 5.74) is 0.425. The van der Waals surface area contributed by atoms with E-state index in [9.17, 15) is 4.79 Å². The van der Waals surface area contributed by atoms with Gasteiger partial charge in [0.1, 0.15) is 0 Å². The van der Waals surface area contributed by atoms with Crippen LogP contribution in [-0.2, 0) is 4.79 Å². The molecule has 82 valence electrons. The minimum atomic E-state index is 0.222. The molecule has 1 unspecified atom stereocenters. The van der Waals surface area contributed by atoms with Crippen molar-refractivity contribution in [3.8, 4) is 0 Å². The van der Waals surface area contributed by atoms with Crippen LogP contribution in [0.15, 0.2) is 0 Å². The van der Waals surface area contributed by atoms with Crippen molar-refractivity contribution in [2.45, 2.75) is 53.5 Å². The molecule has 14 heavy (non-hydrogen) atoms. The van der Waals surface area contributed by atoms with Crippen molar-refractivity contribution in [2.75, 3.05) is 6.54 Å². The molecule has 1 fully saturated rings. The molecule has 1 aliphatic rings. The Kier molecular flexibility index (Phi) is 3.23. The van der Waals surface area contributed by atoms with E-state index in [0.717, 1.165) is 6.54 Å². The van der Waals surface area contributed by atoms with Crippen molar-refractivity contribution in [1.82, 2.24) is 4.90 Å². The lowest BCUT2D eigenvalue weighted by Crippen LogP contribution is -2.43. The summed E-state index contributed by atoms with van der Waals surface area (Å²) in [5, 5.41) is 0. The van der Waals surface area contributed by atoms with Gasteiger partial charge in [-0.05, 0) is 31.1 Å². The van der Waals surface area contributed by atoms with Gasteiger partial charge in [0.25, 0.3) is 0 Å². The molecule has 0 heterocycles. The lowest BCUT2D eigenvalue weighted by Gasteiger charge is -2.33. The summed E-state index contributed by atoms with van der Waals surface area (Å²) in [7, 11) is 0. The van der Waals surface area contributed by atoms with E-state index < -0.39 is 0 Å². The normalized spacial score (nSPS) is 20.7. The molecule has 0 aromatic heterocycles. The van der Waals surface area contributed by atoms with E-state index in [1.54, 1.807) is 6.92 Å². The highest BCUT2D eigenvalue weighted by atomic mass is 16.2. The fourth-order valence-corrected chi connectivity index (χ4v) is 1.68. The van der Waals surface area contributed by atoms with Gasteiger partial charge in [0.2, 0.25) is 5.91 Å². The van der Waals surface area contributed by atoms with Crippen LogP contribution < -0.4 is 0 Å². The minimum absolute atomic E-state index is 0.222. The Morgan fingerprint density at radius 3 is 2.14 bits per heavy atom. The lowest BCUT2D eigenvalue weighted by atomic mass is 10.0. The van der Waals surface area contributed by atoms with Crippen molar-refractivity contribution < 1.29 is 4.79 Å². The second kappa shape index (κ2) is 3.92. The topological polar surface area (TPSA) is 20.3 Å². The Bertz CT molecular complexity index is 218. The number of rotatable bonds is 4. The summed E-state index contributed by atoms with van der Waals surface area (Å²) in [6, 6.07) is 0.366. The first-order chi connectivity index (χ1) is 6.36. The fourth-order valence-electron chi connectivity index (χ4n) is 1.68. The first kappa shape index (κ1) is 11.5. The molecule has 1 atom stereocenters. The Morgan fingerprint density at radius 1 is 1.36 bits per heavy atom. The number of carbonyl (C=O) groups excluding carboxylic acids is 1. The summed E-state index contributed by atoms with van der Waals surface area (Å²) < 4.78 is 0. The maximum absolute atomic E-state index is 11.5. The maximum Gasteiger partial charge on any atom is 0.219 e. The Morgan fingerprint density at radius 2 is 1.86 bits per heavy atom. The van der Waals surface area contributed by atoms with Crippen LogP contribution in [0.4, 0.5) is 0 Å². The molecule has 2 nitrogen and oxygen atoms in total. The van der Waals surface area contributed by atoms with Gasteiger partial charge in [-0.1, -0.05) is 20.8 Å². The van der Waals surface area contributed by atoms with Crippen LogP contribution in [0.3, 0.4) is 0 Å².